The average Bonchev–Trinajstić information content (AvgIpc) is 3.37. The number of methoxy groups -OCH3 is 1. The molecule has 0 aliphatic heterocycles. The zero-order valence-corrected chi connectivity index (χ0v) is 27.9. The molecule has 6 rings (SSSR count). The van der Waals surface area contributed by atoms with Gasteiger partial charge in [0, 0.05) is 5.41 Å². The summed E-state index contributed by atoms with van der Waals surface area (Å²) < 4.78 is 5.53. The monoisotopic (exact) mass is 602 g/mol. The summed E-state index contributed by atoms with van der Waals surface area (Å²) in [5.41, 5.74) is 2.13. The van der Waals surface area contributed by atoms with E-state index in [1.54, 1.807) is 25.3 Å². The van der Waals surface area contributed by atoms with Crippen LogP contribution in [0, 0.1) is 61.9 Å². The Morgan fingerprint density at radius 2 is 1.75 bits per heavy atom. The molecule has 5 saturated carbocycles. The Morgan fingerprint density at radius 3 is 2.41 bits per heavy atom. The molecule has 0 amide bonds. The number of esters is 1. The lowest BCUT2D eigenvalue weighted by Crippen LogP contribution is -2.67. The predicted molar refractivity (Wildman–Crippen MR) is 173 cm³/mol. The Hall–Kier alpha value is -2.44. The highest BCUT2D eigenvalue weighted by Gasteiger charge is 2.72. The summed E-state index contributed by atoms with van der Waals surface area (Å²) in [4.78, 5) is 27.7. The highest BCUT2D eigenvalue weighted by atomic mass is 16.8. The first-order chi connectivity index (χ1) is 20.6. The Labute approximate surface area is 263 Å². The van der Waals surface area contributed by atoms with Gasteiger partial charge >= 0.3 is 5.97 Å². The van der Waals surface area contributed by atoms with Gasteiger partial charge in [0.2, 0.25) is 0 Å². The smallest absolute Gasteiger partial charge is 0.312 e. The maximum atomic E-state index is 14.1. The number of carbonyl (C=O) groups is 2. The van der Waals surface area contributed by atoms with Crippen molar-refractivity contribution in [2.45, 2.75) is 99.3 Å². The van der Waals surface area contributed by atoms with Crippen LogP contribution in [0.1, 0.15) is 105 Å². The molecular weight excluding hydrogens is 550 g/mol. The number of ketones is 1. The third-order valence-electron chi connectivity index (χ3n) is 14.7. The fourth-order valence-electron chi connectivity index (χ4n) is 12.6. The number of rotatable bonds is 4. The van der Waals surface area contributed by atoms with Crippen LogP contribution >= 0.6 is 0 Å². The van der Waals surface area contributed by atoms with E-state index in [-0.39, 0.29) is 50.7 Å². The third kappa shape index (κ3) is 4.11. The molecule has 6 nitrogen and oxygen atoms in total. The zero-order valence-electron chi connectivity index (χ0n) is 27.9. The second-order valence-corrected chi connectivity index (χ2v) is 16.6. The van der Waals surface area contributed by atoms with Gasteiger partial charge in [0.05, 0.1) is 18.2 Å². The van der Waals surface area contributed by atoms with E-state index < -0.39 is 10.8 Å². The van der Waals surface area contributed by atoms with Crippen molar-refractivity contribution >= 4 is 23.5 Å². The number of Topliss-reactive ketones (excluding diaryl/α,β-unsaturated/α-hetero) is 1. The van der Waals surface area contributed by atoms with Crippen molar-refractivity contribution in [3.05, 3.63) is 52.8 Å². The molecule has 3 unspecified atom stereocenters. The minimum Gasteiger partial charge on any atom is -0.733 e. The van der Waals surface area contributed by atoms with E-state index in [4.69, 9.17) is 4.74 Å². The number of ether oxygens (including phenoxy) is 1. The molecule has 5 fully saturated rings. The molecule has 0 radical (unpaired) electrons. The van der Waals surface area contributed by atoms with Crippen molar-refractivity contribution in [3.8, 4) is 0 Å². The fraction of sp³-hybridized carbons (Fsp3) is 0.684. The summed E-state index contributed by atoms with van der Waals surface area (Å²) in [5, 5.41) is 20.9. The molecule has 0 heterocycles. The standard InChI is InChI=1S/C38H52NO5/c1-23(2)27-14-17-38(33(41)44-8)19-18-36(6)28(31(27)38)12-13-30-35(5)22-25(20-24-10-9-11-26(21-24)39(42)43)32(40)34(3,4)29(35)15-16-37(30,36)7/h9-11,20-21,27-31,42H,1,12-19,22H2,2-8H3/q-1/b25-20-/t27?,28-,29?,30-,31?,35+,36-,37-,38+/m1/s1. The van der Waals surface area contributed by atoms with E-state index in [2.05, 4.69) is 48.1 Å². The Bertz CT molecular complexity index is 1410. The van der Waals surface area contributed by atoms with Crippen molar-refractivity contribution in [3.63, 3.8) is 0 Å². The molecule has 0 saturated heterocycles. The minimum atomic E-state index is -0.500. The van der Waals surface area contributed by atoms with Gasteiger partial charge in [0.1, 0.15) is 0 Å². The summed E-state index contributed by atoms with van der Waals surface area (Å²) in [6, 6.07) is 6.83. The van der Waals surface area contributed by atoms with Crippen LogP contribution in [0.4, 0.5) is 5.69 Å². The van der Waals surface area contributed by atoms with Crippen LogP contribution in [0.5, 0.6) is 0 Å². The van der Waals surface area contributed by atoms with Crippen molar-refractivity contribution in [2.75, 3.05) is 12.3 Å². The molecule has 44 heavy (non-hydrogen) atoms. The first-order valence-electron chi connectivity index (χ1n) is 16.8. The van der Waals surface area contributed by atoms with Crippen LogP contribution in [0.15, 0.2) is 42.0 Å². The van der Waals surface area contributed by atoms with Gasteiger partial charge in [-0.2, -0.15) is 0 Å². The number of benzene rings is 1. The van der Waals surface area contributed by atoms with E-state index in [0.717, 1.165) is 68.9 Å². The Morgan fingerprint density at radius 1 is 1.02 bits per heavy atom. The maximum Gasteiger partial charge on any atom is 0.312 e. The second kappa shape index (κ2) is 10.3. The quantitative estimate of drug-likeness (QED) is 0.160. The van der Waals surface area contributed by atoms with Crippen LogP contribution in [0.2, 0.25) is 0 Å². The molecule has 1 aromatic rings. The number of hydrogen-bond donors (Lipinski definition) is 1. The van der Waals surface area contributed by atoms with Gasteiger partial charge in [0.25, 0.3) is 0 Å². The van der Waals surface area contributed by atoms with Gasteiger partial charge in [-0.15, -0.1) is 0 Å². The van der Waals surface area contributed by atoms with Gasteiger partial charge < -0.3 is 15.2 Å². The van der Waals surface area contributed by atoms with Gasteiger partial charge in [-0.25, -0.2) is 0 Å². The molecule has 0 spiro atoms. The molecule has 1 N–H and O–H groups in total. The Kier molecular flexibility index (Phi) is 7.37. The number of anilines is 1. The molecular formula is C38H52NO5-. The summed E-state index contributed by atoms with van der Waals surface area (Å²) in [5.74, 6) is 1.98. The van der Waals surface area contributed by atoms with Gasteiger partial charge in [-0.1, -0.05) is 58.9 Å². The number of hydrogen-bond acceptors (Lipinski definition) is 6. The normalized spacial score (nSPS) is 43.3. The lowest BCUT2D eigenvalue weighted by atomic mass is 9.32. The van der Waals surface area contributed by atoms with Crippen LogP contribution < -0.4 is 5.23 Å². The van der Waals surface area contributed by atoms with E-state index >= 15 is 0 Å². The van der Waals surface area contributed by atoms with Crippen molar-refractivity contribution in [1.82, 2.24) is 0 Å². The topological polar surface area (TPSA) is 89.9 Å². The predicted octanol–water partition coefficient (Wildman–Crippen LogP) is 8.77. The average molecular weight is 603 g/mol. The van der Waals surface area contributed by atoms with Gasteiger partial charge in [-0.05, 0) is 140 Å². The van der Waals surface area contributed by atoms with Crippen molar-refractivity contribution < 1.29 is 19.5 Å². The second-order valence-electron chi connectivity index (χ2n) is 16.6. The molecule has 0 aromatic heterocycles. The summed E-state index contributed by atoms with van der Waals surface area (Å²) in [6.07, 6.45) is 10.8. The van der Waals surface area contributed by atoms with Crippen LogP contribution in [-0.4, -0.2) is 24.1 Å². The van der Waals surface area contributed by atoms with Gasteiger partial charge in [0.15, 0.2) is 5.78 Å². The largest absolute Gasteiger partial charge is 0.733 e. The highest BCUT2D eigenvalue weighted by Crippen LogP contribution is 2.77. The van der Waals surface area contributed by atoms with E-state index in [1.807, 2.05) is 12.1 Å². The molecule has 1 aromatic carbocycles. The summed E-state index contributed by atoms with van der Waals surface area (Å²) in [6.45, 7) is 18.4. The molecule has 9 atom stereocenters. The van der Waals surface area contributed by atoms with Gasteiger partial charge in [-0.3, -0.25) is 14.8 Å². The van der Waals surface area contributed by atoms with Crippen LogP contribution in [0.3, 0.4) is 0 Å². The lowest BCUT2D eigenvalue weighted by molar-refractivity contribution is -0.232. The molecule has 240 valence electrons. The fourth-order valence-corrected chi connectivity index (χ4v) is 12.6. The number of allylic oxidation sites excluding steroid dienone is 2. The maximum absolute atomic E-state index is 14.1. The Balaban J connectivity index is 1.41. The van der Waals surface area contributed by atoms with Crippen molar-refractivity contribution in [2.24, 2.45) is 56.7 Å². The minimum absolute atomic E-state index is 0.0102. The number of nitrogens with zero attached hydrogens (tertiary/aromatic N) is 1. The molecule has 0 bridgehead atoms. The van der Waals surface area contributed by atoms with Crippen LogP contribution in [0.25, 0.3) is 6.08 Å². The third-order valence-corrected chi connectivity index (χ3v) is 14.7. The van der Waals surface area contributed by atoms with E-state index in [1.165, 1.54) is 5.57 Å². The molecule has 5 aliphatic carbocycles. The first kappa shape index (κ1) is 31.5. The summed E-state index contributed by atoms with van der Waals surface area (Å²) in [7, 11) is 1.56. The molecule has 5 aliphatic rings. The SMILES string of the molecule is C=C(C)C1CC[C@]2(C(=O)OC)CC[C@]3(C)[C@H](CC[C@@H]4[C@@]5(C)C/C(=C/c6cccc(N([O-])O)c6)C(=O)C(C)(C)C5CC[C@]43C)C12. The van der Waals surface area contributed by atoms with E-state index in [9.17, 15) is 20.0 Å². The van der Waals surface area contributed by atoms with Crippen molar-refractivity contribution in [1.29, 1.82) is 0 Å². The number of carbonyl (C=O) groups excluding carboxylic acids is 2. The number of fused-ring (bicyclic) bond motifs is 7. The zero-order chi connectivity index (χ0) is 32.0. The van der Waals surface area contributed by atoms with Crippen LogP contribution in [-0.2, 0) is 14.3 Å². The van der Waals surface area contributed by atoms with E-state index in [0.29, 0.717) is 17.8 Å². The first-order valence-corrected chi connectivity index (χ1v) is 16.8. The molecule has 6 heteroatoms. The highest BCUT2D eigenvalue weighted by molar-refractivity contribution is 6.04. The summed E-state index contributed by atoms with van der Waals surface area (Å²) >= 11 is 0. The lowest BCUT2D eigenvalue weighted by Gasteiger charge is -2.72.